The minimum absolute atomic E-state index is 0.195. The smallest absolute Gasteiger partial charge is 0.274 e. The number of hydrogen-bond donors (Lipinski definition) is 1. The molecule has 1 aliphatic rings. The molecular formula is C28H28N2O4. The number of amides is 2. The first-order chi connectivity index (χ1) is 16.5. The van der Waals surface area contributed by atoms with Gasteiger partial charge in [0.05, 0.1) is 14.2 Å². The van der Waals surface area contributed by atoms with Crippen LogP contribution in [0.4, 0.5) is 0 Å². The molecule has 0 bridgehead atoms. The Balaban J connectivity index is 1.62. The highest BCUT2D eigenvalue weighted by atomic mass is 16.5. The average Bonchev–Trinajstić information content (AvgIpc) is 2.87. The summed E-state index contributed by atoms with van der Waals surface area (Å²) < 4.78 is 10.7. The maximum atomic E-state index is 13.4. The summed E-state index contributed by atoms with van der Waals surface area (Å²) in [5, 5.41) is 2.60. The van der Waals surface area contributed by atoms with E-state index in [0.717, 1.165) is 33.6 Å². The van der Waals surface area contributed by atoms with E-state index in [1.807, 2.05) is 84.7 Å². The summed E-state index contributed by atoms with van der Waals surface area (Å²) in [7, 11) is 5.10. The molecule has 3 aromatic carbocycles. The zero-order chi connectivity index (χ0) is 24.1. The number of rotatable bonds is 7. The van der Waals surface area contributed by atoms with Gasteiger partial charge < -0.3 is 14.4 Å². The van der Waals surface area contributed by atoms with Crippen molar-refractivity contribution < 1.29 is 19.1 Å². The molecule has 0 saturated carbocycles. The number of carbonyl (C=O) groups excluding carboxylic acids is 2. The lowest BCUT2D eigenvalue weighted by Gasteiger charge is -2.32. The van der Waals surface area contributed by atoms with E-state index in [0.29, 0.717) is 24.4 Å². The van der Waals surface area contributed by atoms with Crippen LogP contribution in [-0.2, 0) is 22.6 Å². The zero-order valence-electron chi connectivity index (χ0n) is 19.6. The number of imide groups is 1. The highest BCUT2D eigenvalue weighted by Gasteiger charge is 2.29. The maximum absolute atomic E-state index is 13.4. The van der Waals surface area contributed by atoms with Gasteiger partial charge in [-0.05, 0) is 52.9 Å². The lowest BCUT2D eigenvalue weighted by atomic mass is 9.88. The molecule has 0 fully saturated rings. The number of methoxy groups -OCH3 is 2. The van der Waals surface area contributed by atoms with E-state index in [1.54, 1.807) is 14.2 Å². The topological polar surface area (TPSA) is 67.9 Å². The predicted octanol–water partition coefficient (Wildman–Crippen LogP) is 4.18. The summed E-state index contributed by atoms with van der Waals surface area (Å²) in [4.78, 5) is 28.0. The monoisotopic (exact) mass is 456 g/mol. The Bertz CT molecular complexity index is 1230. The van der Waals surface area contributed by atoms with Crippen LogP contribution in [-0.4, -0.2) is 38.0 Å². The predicted molar refractivity (Wildman–Crippen MR) is 131 cm³/mol. The fourth-order valence-electron chi connectivity index (χ4n) is 4.22. The minimum atomic E-state index is -0.412. The van der Waals surface area contributed by atoms with Crippen LogP contribution in [0.2, 0.25) is 0 Å². The Kier molecular flexibility index (Phi) is 6.97. The molecule has 4 rings (SSSR count). The van der Waals surface area contributed by atoms with Crippen molar-refractivity contribution in [3.8, 4) is 11.5 Å². The van der Waals surface area contributed by atoms with Gasteiger partial charge >= 0.3 is 0 Å². The Morgan fingerprint density at radius 2 is 1.65 bits per heavy atom. The Labute approximate surface area is 199 Å². The molecule has 1 aliphatic heterocycles. The summed E-state index contributed by atoms with van der Waals surface area (Å²) >= 11 is 0. The molecule has 2 amide bonds. The zero-order valence-corrected chi connectivity index (χ0v) is 19.6. The van der Waals surface area contributed by atoms with Crippen LogP contribution < -0.4 is 14.8 Å². The lowest BCUT2D eigenvalue weighted by molar-refractivity contribution is -0.129. The van der Waals surface area contributed by atoms with Gasteiger partial charge in [-0.15, -0.1) is 0 Å². The molecule has 0 aromatic heterocycles. The Hall–Kier alpha value is -4.06. The average molecular weight is 457 g/mol. The van der Waals surface area contributed by atoms with Gasteiger partial charge in [-0.2, -0.15) is 0 Å². The van der Waals surface area contributed by atoms with Gasteiger partial charge in [0.25, 0.3) is 5.91 Å². The molecule has 1 N–H and O–H groups in total. The van der Waals surface area contributed by atoms with E-state index in [9.17, 15) is 9.59 Å². The molecular weight excluding hydrogens is 428 g/mol. The van der Waals surface area contributed by atoms with Crippen molar-refractivity contribution in [3.05, 3.63) is 101 Å². The number of benzene rings is 3. The van der Waals surface area contributed by atoms with Gasteiger partial charge in [0.1, 0.15) is 17.2 Å². The first-order valence-electron chi connectivity index (χ1n) is 11.2. The number of aryl methyl sites for hydroxylation is 1. The summed E-state index contributed by atoms with van der Waals surface area (Å²) in [5.41, 5.74) is 5.13. The summed E-state index contributed by atoms with van der Waals surface area (Å²) in [5.74, 6) is 0.721. The molecule has 3 aromatic rings. The number of ether oxygens (including phenoxy) is 2. The molecule has 6 nitrogen and oxygen atoms in total. The molecule has 0 atom stereocenters. The second kappa shape index (κ2) is 10.3. The first kappa shape index (κ1) is 23.1. The minimum Gasteiger partial charge on any atom is -0.497 e. The van der Waals surface area contributed by atoms with Crippen LogP contribution in [0.3, 0.4) is 0 Å². The van der Waals surface area contributed by atoms with Crippen molar-refractivity contribution in [2.75, 3.05) is 21.3 Å². The fraction of sp³-hybridized carbons (Fsp3) is 0.214. The number of hydrogen-bond acceptors (Lipinski definition) is 5. The van der Waals surface area contributed by atoms with Crippen LogP contribution in [0.1, 0.15) is 28.7 Å². The van der Waals surface area contributed by atoms with E-state index in [2.05, 4.69) is 5.32 Å². The van der Waals surface area contributed by atoms with Gasteiger partial charge in [-0.3, -0.25) is 14.9 Å². The molecule has 0 radical (unpaired) electrons. The van der Waals surface area contributed by atoms with Crippen molar-refractivity contribution >= 4 is 17.4 Å². The third kappa shape index (κ3) is 4.96. The van der Waals surface area contributed by atoms with Crippen molar-refractivity contribution in [2.24, 2.45) is 0 Å². The normalized spacial score (nSPS) is 12.7. The summed E-state index contributed by atoms with van der Waals surface area (Å²) in [6, 6.07) is 23.2. The third-order valence-electron chi connectivity index (χ3n) is 5.92. The van der Waals surface area contributed by atoms with E-state index < -0.39 is 5.91 Å². The third-order valence-corrected chi connectivity index (χ3v) is 5.92. The van der Waals surface area contributed by atoms with Gasteiger partial charge in [-0.25, -0.2) is 0 Å². The number of fused-ring (bicyclic) bond motifs is 1. The summed E-state index contributed by atoms with van der Waals surface area (Å²) in [6.07, 6.45) is 0.706. The van der Waals surface area contributed by atoms with Crippen LogP contribution in [0.15, 0.2) is 78.5 Å². The molecule has 0 unspecified atom stereocenters. The van der Waals surface area contributed by atoms with Crippen LogP contribution >= 0.6 is 0 Å². The van der Waals surface area contributed by atoms with E-state index in [4.69, 9.17) is 9.47 Å². The van der Waals surface area contributed by atoms with E-state index in [-0.39, 0.29) is 12.3 Å². The molecule has 0 spiro atoms. The molecule has 174 valence electrons. The quantitative estimate of drug-likeness (QED) is 0.578. The molecule has 34 heavy (non-hydrogen) atoms. The van der Waals surface area contributed by atoms with Gasteiger partial charge in [0, 0.05) is 25.6 Å². The van der Waals surface area contributed by atoms with E-state index in [1.165, 1.54) is 0 Å². The number of likely N-dealkylation sites (N-methyl/N-ethyl adjacent to an activating group) is 1. The van der Waals surface area contributed by atoms with Gasteiger partial charge in [0.15, 0.2) is 0 Å². The molecule has 1 heterocycles. The van der Waals surface area contributed by atoms with Gasteiger partial charge in [-0.1, -0.05) is 48.5 Å². The van der Waals surface area contributed by atoms with Crippen molar-refractivity contribution in [2.45, 2.75) is 19.4 Å². The maximum Gasteiger partial charge on any atom is 0.274 e. The molecule has 0 saturated heterocycles. The second-order valence-corrected chi connectivity index (χ2v) is 8.20. The van der Waals surface area contributed by atoms with Crippen molar-refractivity contribution in [1.29, 1.82) is 0 Å². The molecule has 6 heteroatoms. The Morgan fingerprint density at radius 3 is 2.38 bits per heavy atom. The second-order valence-electron chi connectivity index (χ2n) is 8.20. The van der Waals surface area contributed by atoms with Crippen LogP contribution in [0.25, 0.3) is 5.57 Å². The lowest BCUT2D eigenvalue weighted by Crippen LogP contribution is -2.39. The van der Waals surface area contributed by atoms with Crippen molar-refractivity contribution in [1.82, 2.24) is 10.2 Å². The summed E-state index contributed by atoms with van der Waals surface area (Å²) in [6.45, 7) is 0.552. The molecule has 0 aliphatic carbocycles. The highest BCUT2D eigenvalue weighted by molar-refractivity contribution is 6.10. The first-order valence-corrected chi connectivity index (χ1v) is 11.2. The number of carbonyl (C=O) groups is 2. The van der Waals surface area contributed by atoms with Gasteiger partial charge in [0.2, 0.25) is 5.91 Å². The number of nitrogens with one attached hydrogen (secondary N) is 1. The Morgan fingerprint density at radius 1 is 0.912 bits per heavy atom. The SMILES string of the molecule is COc1cccc(CCC(=O)NC(=O)C2=C(c3ccccc3)c3cc(OC)ccc3CN2C)c1. The largest absolute Gasteiger partial charge is 0.497 e. The van der Waals surface area contributed by atoms with Crippen LogP contribution in [0.5, 0.6) is 11.5 Å². The van der Waals surface area contributed by atoms with E-state index >= 15 is 0 Å². The fourth-order valence-corrected chi connectivity index (χ4v) is 4.22. The standard InChI is InChI=1S/C28H28N2O4/c1-30-18-21-13-14-23(34-3)17-24(21)26(20-9-5-4-6-10-20)27(30)28(32)29-25(31)15-12-19-8-7-11-22(16-19)33-2/h4-11,13-14,16-17H,12,15,18H2,1-3H3,(H,29,31,32). The van der Waals surface area contributed by atoms with Crippen molar-refractivity contribution in [3.63, 3.8) is 0 Å². The number of nitrogens with zero attached hydrogens (tertiary/aromatic N) is 1. The highest BCUT2D eigenvalue weighted by Crippen LogP contribution is 2.37. The van der Waals surface area contributed by atoms with Crippen LogP contribution in [0, 0.1) is 0 Å².